The normalized spacial score (nSPS) is 12.3. The lowest BCUT2D eigenvalue weighted by Crippen LogP contribution is -2.30. The predicted molar refractivity (Wildman–Crippen MR) is 84.3 cm³/mol. The summed E-state index contributed by atoms with van der Waals surface area (Å²) in [6.45, 7) is 3.77. The lowest BCUT2D eigenvalue weighted by molar-refractivity contribution is 0.0762. The largest absolute Gasteiger partial charge is 0.393 e. The quantitative estimate of drug-likeness (QED) is 0.906. The number of aliphatic hydroxyl groups excluding tert-OH is 1. The Kier molecular flexibility index (Phi) is 5.33. The van der Waals surface area contributed by atoms with Gasteiger partial charge in [0.1, 0.15) is 5.82 Å². The van der Waals surface area contributed by atoms with E-state index in [1.807, 2.05) is 0 Å². The maximum Gasteiger partial charge on any atom is 0.276 e. The van der Waals surface area contributed by atoms with E-state index in [1.165, 1.54) is 27.8 Å². The lowest BCUT2D eigenvalue weighted by atomic mass is 10.2. The summed E-state index contributed by atoms with van der Waals surface area (Å²) < 4.78 is 14.7. The Balaban J connectivity index is 2.24. The highest BCUT2D eigenvalue weighted by molar-refractivity contribution is 6.30. The van der Waals surface area contributed by atoms with E-state index < -0.39 is 11.9 Å². The molecule has 0 bridgehead atoms. The molecule has 1 aromatic heterocycles. The molecule has 0 radical (unpaired) electrons. The fourth-order valence-corrected chi connectivity index (χ4v) is 2.23. The van der Waals surface area contributed by atoms with E-state index in [4.69, 9.17) is 11.6 Å². The zero-order valence-corrected chi connectivity index (χ0v) is 13.9. The molecule has 1 amide bonds. The molecule has 8 heteroatoms. The molecule has 23 heavy (non-hydrogen) atoms. The van der Waals surface area contributed by atoms with Crippen molar-refractivity contribution in [1.29, 1.82) is 0 Å². The summed E-state index contributed by atoms with van der Waals surface area (Å²) in [6, 6.07) is 4.16. The van der Waals surface area contributed by atoms with E-state index in [1.54, 1.807) is 20.9 Å². The standard InChI is InChI=1S/C15H18ClFN4O2/c1-9(22)6-7-20(3)15(23)14-10(2)21(19-18-14)11-4-5-13(17)12(16)8-11/h4-5,8-9,22H,6-7H2,1-3H3. The smallest absolute Gasteiger partial charge is 0.276 e. The van der Waals surface area contributed by atoms with Gasteiger partial charge in [-0.15, -0.1) is 5.10 Å². The molecule has 6 nitrogen and oxygen atoms in total. The molecule has 1 N–H and O–H groups in total. The number of aliphatic hydroxyl groups is 1. The van der Waals surface area contributed by atoms with Gasteiger partial charge in [0, 0.05) is 13.6 Å². The van der Waals surface area contributed by atoms with Crippen molar-refractivity contribution in [2.24, 2.45) is 0 Å². The summed E-state index contributed by atoms with van der Waals surface area (Å²) in [4.78, 5) is 13.9. The van der Waals surface area contributed by atoms with Crippen LogP contribution in [-0.2, 0) is 0 Å². The topological polar surface area (TPSA) is 71.2 Å². The van der Waals surface area contributed by atoms with Gasteiger partial charge in [-0.3, -0.25) is 4.79 Å². The number of nitrogens with zero attached hydrogens (tertiary/aromatic N) is 4. The molecule has 0 aliphatic rings. The second-order valence-electron chi connectivity index (χ2n) is 5.40. The molecule has 0 spiro atoms. The van der Waals surface area contributed by atoms with Crippen LogP contribution in [0.25, 0.3) is 5.69 Å². The second kappa shape index (κ2) is 7.06. The summed E-state index contributed by atoms with van der Waals surface area (Å²) in [5.74, 6) is -0.815. The van der Waals surface area contributed by atoms with Crippen LogP contribution in [0.15, 0.2) is 18.2 Å². The number of hydrogen-bond acceptors (Lipinski definition) is 4. The Morgan fingerprint density at radius 1 is 1.52 bits per heavy atom. The van der Waals surface area contributed by atoms with Gasteiger partial charge in [-0.2, -0.15) is 0 Å². The molecule has 0 saturated carbocycles. The van der Waals surface area contributed by atoms with Crippen molar-refractivity contribution >= 4 is 17.5 Å². The van der Waals surface area contributed by atoms with Gasteiger partial charge in [0.2, 0.25) is 0 Å². The molecule has 1 aromatic carbocycles. The monoisotopic (exact) mass is 340 g/mol. The Labute approximate surface area is 138 Å². The first-order valence-electron chi connectivity index (χ1n) is 7.12. The van der Waals surface area contributed by atoms with E-state index in [0.717, 1.165) is 0 Å². The summed E-state index contributed by atoms with van der Waals surface area (Å²) in [7, 11) is 1.64. The number of carbonyl (C=O) groups is 1. The molecule has 0 saturated heterocycles. The summed E-state index contributed by atoms with van der Waals surface area (Å²) in [6.07, 6.45) is -0.00778. The molecule has 124 valence electrons. The van der Waals surface area contributed by atoms with E-state index in [-0.39, 0.29) is 16.6 Å². The SMILES string of the molecule is Cc1c(C(=O)N(C)CCC(C)O)nnn1-c1ccc(F)c(Cl)c1. The van der Waals surface area contributed by atoms with E-state index in [0.29, 0.717) is 24.3 Å². The van der Waals surface area contributed by atoms with Crippen LogP contribution in [0, 0.1) is 12.7 Å². The van der Waals surface area contributed by atoms with Gasteiger partial charge < -0.3 is 10.0 Å². The fourth-order valence-electron chi connectivity index (χ4n) is 2.05. The molecule has 0 fully saturated rings. The fraction of sp³-hybridized carbons (Fsp3) is 0.400. The maximum atomic E-state index is 13.2. The van der Waals surface area contributed by atoms with Crippen LogP contribution in [0.3, 0.4) is 0 Å². The zero-order valence-electron chi connectivity index (χ0n) is 13.1. The van der Waals surface area contributed by atoms with Crippen LogP contribution in [0.1, 0.15) is 29.5 Å². The van der Waals surface area contributed by atoms with Crippen LogP contribution in [-0.4, -0.2) is 50.6 Å². The molecule has 2 rings (SSSR count). The van der Waals surface area contributed by atoms with Crippen LogP contribution in [0.4, 0.5) is 4.39 Å². The number of hydrogen-bond donors (Lipinski definition) is 1. The van der Waals surface area contributed by atoms with E-state index >= 15 is 0 Å². The minimum atomic E-state index is -0.526. The van der Waals surface area contributed by atoms with E-state index in [2.05, 4.69) is 10.3 Å². The second-order valence-corrected chi connectivity index (χ2v) is 5.81. The first-order chi connectivity index (χ1) is 10.8. The summed E-state index contributed by atoms with van der Waals surface area (Å²) in [5, 5.41) is 17.1. The average Bonchev–Trinajstić information content (AvgIpc) is 2.88. The van der Waals surface area contributed by atoms with Crippen LogP contribution >= 0.6 is 11.6 Å². The van der Waals surface area contributed by atoms with Crippen molar-refractivity contribution in [3.63, 3.8) is 0 Å². The molecule has 1 heterocycles. The van der Waals surface area contributed by atoms with Crippen molar-refractivity contribution in [2.75, 3.05) is 13.6 Å². The van der Waals surface area contributed by atoms with Crippen molar-refractivity contribution < 1.29 is 14.3 Å². The third-order valence-corrected chi connectivity index (χ3v) is 3.76. The first-order valence-corrected chi connectivity index (χ1v) is 7.50. The molecule has 0 aliphatic carbocycles. The highest BCUT2D eigenvalue weighted by Gasteiger charge is 2.21. The highest BCUT2D eigenvalue weighted by atomic mass is 35.5. The van der Waals surface area contributed by atoms with Crippen LogP contribution in [0.5, 0.6) is 0 Å². The molecule has 2 aromatic rings. The van der Waals surface area contributed by atoms with E-state index in [9.17, 15) is 14.3 Å². The van der Waals surface area contributed by atoms with Gasteiger partial charge in [0.05, 0.1) is 22.5 Å². The van der Waals surface area contributed by atoms with Gasteiger partial charge in [0.15, 0.2) is 5.69 Å². The van der Waals surface area contributed by atoms with Crippen molar-refractivity contribution in [3.8, 4) is 5.69 Å². The third-order valence-electron chi connectivity index (χ3n) is 3.47. The number of benzene rings is 1. The average molecular weight is 341 g/mol. The Hall–Kier alpha value is -1.99. The van der Waals surface area contributed by atoms with Crippen LogP contribution in [0.2, 0.25) is 5.02 Å². The number of carbonyl (C=O) groups excluding carboxylic acids is 1. The lowest BCUT2D eigenvalue weighted by Gasteiger charge is -2.17. The number of amides is 1. The van der Waals surface area contributed by atoms with Crippen LogP contribution < -0.4 is 0 Å². The zero-order chi connectivity index (χ0) is 17.1. The minimum absolute atomic E-state index is 0.0284. The molecular weight excluding hydrogens is 323 g/mol. The predicted octanol–water partition coefficient (Wildman–Crippen LogP) is 2.21. The maximum absolute atomic E-state index is 13.2. The number of rotatable bonds is 5. The molecule has 1 unspecified atom stereocenters. The molecular formula is C15H18ClFN4O2. The third kappa shape index (κ3) is 3.86. The number of halogens is 2. The van der Waals surface area contributed by atoms with Gasteiger partial charge >= 0.3 is 0 Å². The molecule has 1 atom stereocenters. The molecule has 0 aliphatic heterocycles. The van der Waals surface area contributed by atoms with Crippen molar-refractivity contribution in [2.45, 2.75) is 26.4 Å². The van der Waals surface area contributed by atoms with Gasteiger partial charge in [0.25, 0.3) is 5.91 Å². The highest BCUT2D eigenvalue weighted by Crippen LogP contribution is 2.20. The Morgan fingerprint density at radius 2 is 2.22 bits per heavy atom. The van der Waals surface area contributed by atoms with Gasteiger partial charge in [-0.1, -0.05) is 16.8 Å². The first kappa shape index (κ1) is 17.4. The summed E-state index contributed by atoms with van der Waals surface area (Å²) >= 11 is 5.77. The summed E-state index contributed by atoms with van der Waals surface area (Å²) in [5.41, 5.74) is 1.26. The Bertz CT molecular complexity index is 717. The Morgan fingerprint density at radius 3 is 2.83 bits per heavy atom. The van der Waals surface area contributed by atoms with Gasteiger partial charge in [-0.25, -0.2) is 9.07 Å². The van der Waals surface area contributed by atoms with Crippen molar-refractivity contribution in [1.82, 2.24) is 19.9 Å². The van der Waals surface area contributed by atoms with Gasteiger partial charge in [-0.05, 0) is 38.5 Å². The minimum Gasteiger partial charge on any atom is -0.393 e. The number of aromatic nitrogens is 3. The van der Waals surface area contributed by atoms with Crippen molar-refractivity contribution in [3.05, 3.63) is 40.4 Å².